The fraction of sp³-hybridized carbons (Fsp3) is 0.625. The van der Waals surface area contributed by atoms with Crippen LogP contribution in [0.3, 0.4) is 0 Å². The Morgan fingerprint density at radius 3 is 2.83 bits per heavy atom. The Morgan fingerprint density at radius 2 is 2.42 bits per heavy atom. The number of cyclic esters (lactones) is 1. The van der Waals surface area contributed by atoms with Crippen LogP contribution in [-0.4, -0.2) is 34.5 Å². The fourth-order valence-corrected chi connectivity index (χ4v) is 1.17. The molecule has 12 heavy (non-hydrogen) atoms. The zero-order valence-corrected chi connectivity index (χ0v) is 6.80. The lowest BCUT2D eigenvalue weighted by Crippen LogP contribution is -2.32. The van der Waals surface area contributed by atoms with Crippen molar-refractivity contribution in [2.24, 2.45) is 0 Å². The number of rotatable bonds is 2. The molecule has 0 radical (unpaired) electrons. The summed E-state index contributed by atoms with van der Waals surface area (Å²) in [4.78, 5) is 10.7. The standard InChI is InChI=1S/C8H12O4/c1-2-3-5(9)8-6(10)4-7(11)12-8/h2-3,5-6,8-10H,4H2,1H3/b3-2+/t5-,6+,8+/m0/s1. The van der Waals surface area contributed by atoms with Gasteiger partial charge in [-0.3, -0.25) is 4.79 Å². The first kappa shape index (κ1) is 9.22. The molecule has 3 atom stereocenters. The first-order valence-corrected chi connectivity index (χ1v) is 3.83. The van der Waals surface area contributed by atoms with Crippen molar-refractivity contribution >= 4 is 5.97 Å². The molecular weight excluding hydrogens is 160 g/mol. The molecule has 0 unspecified atom stereocenters. The van der Waals surface area contributed by atoms with Gasteiger partial charge < -0.3 is 14.9 Å². The molecule has 1 saturated heterocycles. The van der Waals surface area contributed by atoms with Gasteiger partial charge in [0.25, 0.3) is 0 Å². The van der Waals surface area contributed by atoms with E-state index in [-0.39, 0.29) is 6.42 Å². The second-order valence-electron chi connectivity index (χ2n) is 2.74. The number of aliphatic hydroxyl groups is 2. The van der Waals surface area contributed by atoms with E-state index in [0.717, 1.165) is 0 Å². The van der Waals surface area contributed by atoms with Gasteiger partial charge in [0.15, 0.2) is 6.10 Å². The van der Waals surface area contributed by atoms with Crippen molar-refractivity contribution in [3.8, 4) is 0 Å². The van der Waals surface area contributed by atoms with Gasteiger partial charge in [-0.15, -0.1) is 0 Å². The number of hydrogen-bond acceptors (Lipinski definition) is 4. The molecule has 68 valence electrons. The van der Waals surface area contributed by atoms with Gasteiger partial charge in [0.1, 0.15) is 12.2 Å². The molecule has 0 aromatic heterocycles. The Morgan fingerprint density at radius 1 is 1.75 bits per heavy atom. The van der Waals surface area contributed by atoms with Crippen LogP contribution in [0.25, 0.3) is 0 Å². The largest absolute Gasteiger partial charge is 0.456 e. The van der Waals surface area contributed by atoms with Gasteiger partial charge in [-0.2, -0.15) is 0 Å². The number of hydrogen-bond donors (Lipinski definition) is 2. The number of allylic oxidation sites excluding steroid dienone is 1. The minimum Gasteiger partial charge on any atom is -0.456 e. The molecule has 0 amide bonds. The number of esters is 1. The summed E-state index contributed by atoms with van der Waals surface area (Å²) in [6.45, 7) is 1.74. The van der Waals surface area contributed by atoms with Gasteiger partial charge in [-0.05, 0) is 6.92 Å². The van der Waals surface area contributed by atoms with E-state index in [2.05, 4.69) is 0 Å². The minimum absolute atomic E-state index is 0.0285. The molecule has 4 heteroatoms. The van der Waals surface area contributed by atoms with Gasteiger partial charge in [0.05, 0.1) is 6.42 Å². The second-order valence-corrected chi connectivity index (χ2v) is 2.74. The topological polar surface area (TPSA) is 66.8 Å². The molecule has 1 aliphatic rings. The Bertz CT molecular complexity index is 199. The third kappa shape index (κ3) is 1.84. The van der Waals surface area contributed by atoms with E-state index in [4.69, 9.17) is 4.74 Å². The van der Waals surface area contributed by atoms with Crippen molar-refractivity contribution in [3.05, 3.63) is 12.2 Å². The summed E-state index contributed by atoms with van der Waals surface area (Å²) in [5.74, 6) is -0.462. The molecule has 1 aliphatic heterocycles. The van der Waals surface area contributed by atoms with Gasteiger partial charge in [0, 0.05) is 0 Å². The van der Waals surface area contributed by atoms with Gasteiger partial charge in [-0.25, -0.2) is 0 Å². The van der Waals surface area contributed by atoms with E-state index >= 15 is 0 Å². The summed E-state index contributed by atoms with van der Waals surface area (Å²) in [6, 6.07) is 0. The van der Waals surface area contributed by atoms with Crippen LogP contribution in [0.15, 0.2) is 12.2 Å². The van der Waals surface area contributed by atoms with Crippen molar-refractivity contribution in [3.63, 3.8) is 0 Å². The SMILES string of the molecule is C/C=C/[C@H](O)[C@H]1OC(=O)C[C@H]1O. The van der Waals surface area contributed by atoms with Crippen LogP contribution in [0.4, 0.5) is 0 Å². The maximum absolute atomic E-state index is 10.7. The summed E-state index contributed by atoms with van der Waals surface area (Å²) in [5.41, 5.74) is 0. The van der Waals surface area contributed by atoms with Crippen LogP contribution in [0.2, 0.25) is 0 Å². The highest BCUT2D eigenvalue weighted by Crippen LogP contribution is 2.18. The quantitative estimate of drug-likeness (QED) is 0.439. The fourth-order valence-electron chi connectivity index (χ4n) is 1.17. The molecule has 0 saturated carbocycles. The predicted octanol–water partition coefficient (Wildman–Crippen LogP) is -0.400. The maximum Gasteiger partial charge on any atom is 0.309 e. The number of carbonyl (C=O) groups excluding carboxylic acids is 1. The molecule has 1 rings (SSSR count). The highest BCUT2D eigenvalue weighted by molar-refractivity contribution is 5.72. The van der Waals surface area contributed by atoms with Crippen LogP contribution in [0.1, 0.15) is 13.3 Å². The van der Waals surface area contributed by atoms with Gasteiger partial charge in [0.2, 0.25) is 0 Å². The number of carbonyl (C=O) groups is 1. The summed E-state index contributed by atoms with van der Waals surface area (Å²) in [5, 5.41) is 18.5. The lowest BCUT2D eigenvalue weighted by Gasteiger charge is -2.16. The Labute approximate surface area is 70.5 Å². The highest BCUT2D eigenvalue weighted by Gasteiger charge is 2.37. The smallest absolute Gasteiger partial charge is 0.309 e. The van der Waals surface area contributed by atoms with Crippen LogP contribution in [-0.2, 0) is 9.53 Å². The van der Waals surface area contributed by atoms with Crippen LogP contribution >= 0.6 is 0 Å². The van der Waals surface area contributed by atoms with Crippen LogP contribution < -0.4 is 0 Å². The molecule has 0 spiro atoms. The van der Waals surface area contributed by atoms with Crippen molar-refractivity contribution in [2.45, 2.75) is 31.7 Å². The zero-order chi connectivity index (χ0) is 9.14. The van der Waals surface area contributed by atoms with E-state index in [1.165, 1.54) is 6.08 Å². The molecule has 0 aromatic carbocycles. The maximum atomic E-state index is 10.7. The van der Waals surface area contributed by atoms with Crippen molar-refractivity contribution < 1.29 is 19.7 Å². The molecular formula is C8H12O4. The summed E-state index contributed by atoms with van der Waals surface area (Å²) >= 11 is 0. The first-order chi connectivity index (χ1) is 5.65. The highest BCUT2D eigenvalue weighted by atomic mass is 16.6. The normalized spacial score (nSPS) is 32.4. The second kappa shape index (κ2) is 3.69. The van der Waals surface area contributed by atoms with Crippen molar-refractivity contribution in [1.29, 1.82) is 0 Å². The van der Waals surface area contributed by atoms with Gasteiger partial charge in [-0.1, -0.05) is 12.2 Å². The third-order valence-corrected chi connectivity index (χ3v) is 1.75. The van der Waals surface area contributed by atoms with Crippen LogP contribution in [0.5, 0.6) is 0 Å². The minimum atomic E-state index is -0.906. The molecule has 0 bridgehead atoms. The monoisotopic (exact) mass is 172 g/mol. The number of aliphatic hydroxyl groups excluding tert-OH is 2. The lowest BCUT2D eigenvalue weighted by molar-refractivity contribution is -0.145. The van der Waals surface area contributed by atoms with Crippen LogP contribution in [0, 0.1) is 0 Å². The lowest BCUT2D eigenvalue weighted by atomic mass is 10.1. The molecule has 1 fully saturated rings. The van der Waals surface area contributed by atoms with E-state index < -0.39 is 24.3 Å². The van der Waals surface area contributed by atoms with E-state index in [1.54, 1.807) is 13.0 Å². The summed E-state index contributed by atoms with van der Waals surface area (Å²) in [6.07, 6.45) is 0.504. The Kier molecular flexibility index (Phi) is 2.83. The van der Waals surface area contributed by atoms with E-state index in [9.17, 15) is 15.0 Å². The summed E-state index contributed by atoms with van der Waals surface area (Å²) < 4.78 is 4.70. The zero-order valence-electron chi connectivity index (χ0n) is 6.80. The molecule has 1 heterocycles. The average Bonchev–Trinajstić information content (AvgIpc) is 2.30. The number of ether oxygens (including phenoxy) is 1. The molecule has 4 nitrogen and oxygen atoms in total. The summed E-state index contributed by atoms with van der Waals surface area (Å²) in [7, 11) is 0. The van der Waals surface area contributed by atoms with E-state index in [1.807, 2.05) is 0 Å². The molecule has 0 aromatic rings. The predicted molar refractivity (Wildman–Crippen MR) is 41.3 cm³/mol. The third-order valence-electron chi connectivity index (χ3n) is 1.75. The Balaban J connectivity index is 2.57. The molecule has 0 aliphatic carbocycles. The Hall–Kier alpha value is -0.870. The van der Waals surface area contributed by atoms with E-state index in [0.29, 0.717) is 0 Å². The van der Waals surface area contributed by atoms with Crippen molar-refractivity contribution in [1.82, 2.24) is 0 Å². The van der Waals surface area contributed by atoms with Gasteiger partial charge >= 0.3 is 5.97 Å². The molecule has 2 N–H and O–H groups in total. The van der Waals surface area contributed by atoms with Crippen molar-refractivity contribution in [2.75, 3.05) is 0 Å². The first-order valence-electron chi connectivity index (χ1n) is 3.83. The average molecular weight is 172 g/mol.